The Labute approximate surface area is 159 Å². The van der Waals surface area contributed by atoms with Gasteiger partial charge in [-0.15, -0.1) is 0 Å². The number of nitrogens with zero attached hydrogens (tertiary/aromatic N) is 2. The van der Waals surface area contributed by atoms with Gasteiger partial charge in [-0.2, -0.15) is 0 Å². The maximum atomic E-state index is 12.9. The predicted octanol–water partition coefficient (Wildman–Crippen LogP) is 3.13. The van der Waals surface area contributed by atoms with E-state index in [1.54, 1.807) is 25.3 Å². The van der Waals surface area contributed by atoms with Crippen LogP contribution in [-0.2, 0) is 11.3 Å². The number of carbonyl (C=O) groups is 1. The molecule has 27 heavy (non-hydrogen) atoms. The van der Waals surface area contributed by atoms with Gasteiger partial charge in [-0.1, -0.05) is 5.16 Å². The Kier molecular flexibility index (Phi) is 5.70. The molecule has 3 rings (SSSR count). The molecule has 1 aromatic carbocycles. The predicted molar refractivity (Wildman–Crippen MR) is 99.2 cm³/mol. The number of rotatable bonds is 5. The largest absolute Gasteiger partial charge is 0.493 e. The molecule has 1 aromatic heterocycles. The molecule has 2 atom stereocenters. The molecule has 146 valence electrons. The zero-order chi connectivity index (χ0) is 19.6. The van der Waals surface area contributed by atoms with Crippen LogP contribution in [0.25, 0.3) is 0 Å². The third kappa shape index (κ3) is 4.24. The van der Waals surface area contributed by atoms with Crippen LogP contribution in [0.1, 0.15) is 41.2 Å². The van der Waals surface area contributed by atoms with Crippen LogP contribution in [0.4, 0.5) is 0 Å². The Bertz CT molecular complexity index is 787. The molecule has 0 aliphatic carbocycles. The molecule has 1 amide bonds. The van der Waals surface area contributed by atoms with Crippen molar-refractivity contribution in [2.75, 3.05) is 20.2 Å². The second kappa shape index (κ2) is 8.00. The van der Waals surface area contributed by atoms with E-state index in [1.165, 1.54) is 0 Å². The topological polar surface area (TPSA) is 74.0 Å². The van der Waals surface area contributed by atoms with Gasteiger partial charge in [-0.25, -0.2) is 0 Å². The molecule has 0 unspecified atom stereocenters. The second-order valence-electron chi connectivity index (χ2n) is 6.92. The van der Waals surface area contributed by atoms with E-state index < -0.39 is 0 Å². The van der Waals surface area contributed by atoms with E-state index >= 15 is 0 Å². The standard InChI is InChI=1S/C20H26N2O5/c1-12-9-22(10-13(2)26-12)20(23)16-6-7-18(19(8-16)24-5)25-11-17-14(3)21-27-15(17)4/h6-8,12-13H,9-11H2,1-5H3/t12-,13+. The Balaban J connectivity index is 1.74. The number of benzene rings is 1. The Morgan fingerprint density at radius 3 is 2.52 bits per heavy atom. The summed E-state index contributed by atoms with van der Waals surface area (Å²) in [7, 11) is 1.56. The molecule has 2 aromatic rings. The molecule has 1 saturated heterocycles. The van der Waals surface area contributed by atoms with E-state index in [-0.39, 0.29) is 18.1 Å². The van der Waals surface area contributed by atoms with Gasteiger partial charge in [0.05, 0.1) is 30.6 Å². The molecule has 0 saturated carbocycles. The summed E-state index contributed by atoms with van der Waals surface area (Å²) in [6, 6.07) is 5.24. The van der Waals surface area contributed by atoms with Crippen molar-refractivity contribution in [3.63, 3.8) is 0 Å². The van der Waals surface area contributed by atoms with Crippen molar-refractivity contribution in [1.29, 1.82) is 0 Å². The summed E-state index contributed by atoms with van der Waals surface area (Å²) in [5, 5.41) is 3.93. The quantitative estimate of drug-likeness (QED) is 0.800. The molecule has 1 aliphatic heterocycles. The van der Waals surface area contributed by atoms with Gasteiger partial charge in [0.1, 0.15) is 12.4 Å². The highest BCUT2D eigenvalue weighted by atomic mass is 16.5. The fraction of sp³-hybridized carbons (Fsp3) is 0.500. The fourth-order valence-corrected chi connectivity index (χ4v) is 3.30. The summed E-state index contributed by atoms with van der Waals surface area (Å²) in [5.41, 5.74) is 2.28. The number of carbonyl (C=O) groups excluding carboxylic acids is 1. The van der Waals surface area contributed by atoms with E-state index in [9.17, 15) is 4.79 Å². The molecule has 0 radical (unpaired) electrons. The number of aromatic nitrogens is 1. The van der Waals surface area contributed by atoms with Gasteiger partial charge in [0.2, 0.25) is 0 Å². The van der Waals surface area contributed by atoms with Crippen LogP contribution in [0.15, 0.2) is 22.7 Å². The minimum Gasteiger partial charge on any atom is -0.493 e. The highest BCUT2D eigenvalue weighted by Crippen LogP contribution is 2.30. The van der Waals surface area contributed by atoms with Gasteiger partial charge in [0.25, 0.3) is 5.91 Å². The van der Waals surface area contributed by atoms with Crippen molar-refractivity contribution in [1.82, 2.24) is 10.1 Å². The van der Waals surface area contributed by atoms with Crippen molar-refractivity contribution >= 4 is 5.91 Å². The van der Waals surface area contributed by atoms with E-state index in [4.69, 9.17) is 18.7 Å². The minimum atomic E-state index is -0.0347. The van der Waals surface area contributed by atoms with Crippen molar-refractivity contribution in [3.8, 4) is 11.5 Å². The number of amides is 1. The molecule has 7 nitrogen and oxygen atoms in total. The van der Waals surface area contributed by atoms with Gasteiger partial charge in [0.15, 0.2) is 11.5 Å². The van der Waals surface area contributed by atoms with Crippen LogP contribution >= 0.6 is 0 Å². The molecule has 2 heterocycles. The summed E-state index contributed by atoms with van der Waals surface area (Å²) in [6.07, 6.45) is 0.0505. The average molecular weight is 374 g/mol. The zero-order valence-electron chi connectivity index (χ0n) is 16.4. The van der Waals surface area contributed by atoms with Gasteiger partial charge in [0, 0.05) is 18.7 Å². The molecule has 0 bridgehead atoms. The zero-order valence-corrected chi connectivity index (χ0v) is 16.4. The van der Waals surface area contributed by atoms with Crippen molar-refractivity contribution in [2.24, 2.45) is 0 Å². The van der Waals surface area contributed by atoms with Crippen molar-refractivity contribution < 1.29 is 23.5 Å². The maximum absolute atomic E-state index is 12.9. The SMILES string of the molecule is COc1cc(C(=O)N2C[C@@H](C)O[C@@H](C)C2)ccc1OCc1c(C)noc1C. The average Bonchev–Trinajstić information content (AvgIpc) is 2.96. The Morgan fingerprint density at radius 1 is 1.22 bits per heavy atom. The van der Waals surface area contributed by atoms with Crippen LogP contribution in [0.2, 0.25) is 0 Å². The third-order valence-corrected chi connectivity index (χ3v) is 4.67. The van der Waals surface area contributed by atoms with Crippen LogP contribution in [0.5, 0.6) is 11.5 Å². The number of hydrogen-bond acceptors (Lipinski definition) is 6. The normalized spacial score (nSPS) is 19.8. The van der Waals surface area contributed by atoms with Crippen LogP contribution in [-0.4, -0.2) is 48.4 Å². The Hall–Kier alpha value is -2.54. The molecular weight excluding hydrogens is 348 g/mol. The van der Waals surface area contributed by atoms with Gasteiger partial charge >= 0.3 is 0 Å². The number of hydrogen-bond donors (Lipinski definition) is 0. The number of morpholine rings is 1. The van der Waals surface area contributed by atoms with Crippen molar-refractivity contribution in [2.45, 2.75) is 46.5 Å². The van der Waals surface area contributed by atoms with E-state index in [2.05, 4.69) is 5.16 Å². The summed E-state index contributed by atoms with van der Waals surface area (Å²) in [6.45, 7) is 9.15. The molecule has 0 N–H and O–H groups in total. The summed E-state index contributed by atoms with van der Waals surface area (Å²) in [4.78, 5) is 14.7. The lowest BCUT2D eigenvalue weighted by atomic mass is 10.1. The molecule has 0 spiro atoms. The first-order chi connectivity index (χ1) is 12.9. The van der Waals surface area contributed by atoms with Crippen LogP contribution < -0.4 is 9.47 Å². The van der Waals surface area contributed by atoms with E-state index in [1.807, 2.05) is 32.6 Å². The first kappa shape index (κ1) is 19.2. The maximum Gasteiger partial charge on any atom is 0.254 e. The molecule has 1 fully saturated rings. The molecule has 1 aliphatic rings. The fourth-order valence-electron chi connectivity index (χ4n) is 3.30. The lowest BCUT2D eigenvalue weighted by molar-refractivity contribution is -0.0586. The highest BCUT2D eigenvalue weighted by molar-refractivity contribution is 5.95. The Morgan fingerprint density at radius 2 is 1.93 bits per heavy atom. The van der Waals surface area contributed by atoms with E-state index in [0.717, 1.165) is 17.0 Å². The number of methoxy groups -OCH3 is 1. The highest BCUT2D eigenvalue weighted by Gasteiger charge is 2.27. The van der Waals surface area contributed by atoms with Crippen molar-refractivity contribution in [3.05, 3.63) is 40.8 Å². The van der Waals surface area contributed by atoms with Gasteiger partial charge in [-0.05, 0) is 45.9 Å². The van der Waals surface area contributed by atoms with Gasteiger partial charge in [-0.3, -0.25) is 4.79 Å². The van der Waals surface area contributed by atoms with E-state index in [0.29, 0.717) is 36.8 Å². The van der Waals surface area contributed by atoms with Crippen LogP contribution in [0.3, 0.4) is 0 Å². The van der Waals surface area contributed by atoms with Crippen LogP contribution in [0, 0.1) is 13.8 Å². The lowest BCUT2D eigenvalue weighted by Gasteiger charge is -2.35. The smallest absolute Gasteiger partial charge is 0.254 e. The number of ether oxygens (including phenoxy) is 3. The molecule has 7 heteroatoms. The first-order valence-electron chi connectivity index (χ1n) is 9.06. The summed E-state index contributed by atoms with van der Waals surface area (Å²) >= 11 is 0. The third-order valence-electron chi connectivity index (χ3n) is 4.67. The minimum absolute atomic E-state index is 0.0252. The summed E-state index contributed by atoms with van der Waals surface area (Å²) in [5.74, 6) is 1.78. The summed E-state index contributed by atoms with van der Waals surface area (Å²) < 4.78 is 22.2. The monoisotopic (exact) mass is 374 g/mol. The number of aryl methyl sites for hydroxylation is 2. The lowest BCUT2D eigenvalue weighted by Crippen LogP contribution is -2.48. The molecular formula is C20H26N2O5. The van der Waals surface area contributed by atoms with Gasteiger partial charge < -0.3 is 23.6 Å². The second-order valence-corrected chi connectivity index (χ2v) is 6.92. The first-order valence-corrected chi connectivity index (χ1v) is 9.06.